The van der Waals surface area contributed by atoms with Crippen LogP contribution >= 0.6 is 0 Å². The molecule has 1 aliphatic rings. The van der Waals surface area contributed by atoms with Crippen LogP contribution in [0.4, 0.5) is 0 Å². The average molecular weight is 346 g/mol. The molecule has 2 atom stereocenters. The monoisotopic (exact) mass is 346 g/mol. The van der Waals surface area contributed by atoms with Crippen molar-refractivity contribution >= 4 is 10.0 Å². The van der Waals surface area contributed by atoms with Gasteiger partial charge in [-0.2, -0.15) is 0 Å². The van der Waals surface area contributed by atoms with E-state index in [4.69, 9.17) is 4.74 Å². The van der Waals surface area contributed by atoms with Crippen molar-refractivity contribution in [3.8, 4) is 17.0 Å². The van der Waals surface area contributed by atoms with E-state index in [0.717, 1.165) is 29.0 Å². The first-order chi connectivity index (χ1) is 11.4. The van der Waals surface area contributed by atoms with E-state index in [1.54, 1.807) is 27.2 Å². The van der Waals surface area contributed by atoms with Gasteiger partial charge in [0.1, 0.15) is 11.4 Å². The number of nitrogens with one attached hydrogen (secondary N) is 1. The van der Waals surface area contributed by atoms with Gasteiger partial charge in [0.25, 0.3) is 0 Å². The molecule has 2 unspecified atom stereocenters. The smallest absolute Gasteiger partial charge is 0.214 e. The first-order valence-corrected chi connectivity index (χ1v) is 9.57. The molecule has 1 aromatic carbocycles. The minimum Gasteiger partial charge on any atom is -0.494 e. The summed E-state index contributed by atoms with van der Waals surface area (Å²) < 4.78 is 32.0. The molecule has 0 saturated heterocycles. The predicted octanol–water partition coefficient (Wildman–Crippen LogP) is 2.94. The van der Waals surface area contributed by atoms with Crippen molar-refractivity contribution in [3.63, 3.8) is 0 Å². The first kappa shape index (κ1) is 16.9. The summed E-state index contributed by atoms with van der Waals surface area (Å²) in [7, 11) is -1.58. The van der Waals surface area contributed by atoms with E-state index in [1.807, 2.05) is 36.4 Å². The summed E-state index contributed by atoms with van der Waals surface area (Å²) in [5.41, 5.74) is 2.93. The highest BCUT2D eigenvalue weighted by atomic mass is 32.2. The Labute approximate surface area is 143 Å². The van der Waals surface area contributed by atoms with E-state index in [9.17, 15) is 8.42 Å². The van der Waals surface area contributed by atoms with Crippen LogP contribution in [-0.4, -0.2) is 31.8 Å². The Morgan fingerprint density at radius 2 is 1.92 bits per heavy atom. The van der Waals surface area contributed by atoms with Crippen LogP contribution in [0.15, 0.2) is 42.6 Å². The van der Waals surface area contributed by atoms with Crippen LogP contribution < -0.4 is 9.46 Å². The van der Waals surface area contributed by atoms with E-state index in [2.05, 4.69) is 9.71 Å². The second-order valence-corrected chi connectivity index (χ2v) is 8.61. The quantitative estimate of drug-likeness (QED) is 0.873. The minimum atomic E-state index is -3.21. The molecular weight excluding hydrogens is 324 g/mol. The van der Waals surface area contributed by atoms with Crippen LogP contribution in [0.5, 0.6) is 5.75 Å². The van der Waals surface area contributed by atoms with Gasteiger partial charge in [-0.15, -0.1) is 0 Å². The average Bonchev–Trinajstić information content (AvgIpc) is 3.33. The van der Waals surface area contributed by atoms with Gasteiger partial charge in [0.15, 0.2) is 0 Å². The van der Waals surface area contributed by atoms with Gasteiger partial charge in [-0.3, -0.25) is 4.98 Å². The lowest BCUT2D eigenvalue weighted by atomic mass is 10.0. The third-order valence-electron chi connectivity index (χ3n) is 4.33. The molecule has 0 bridgehead atoms. The third-order valence-corrected chi connectivity index (χ3v) is 6.20. The summed E-state index contributed by atoms with van der Waals surface area (Å²) in [5.74, 6) is 0.984. The van der Waals surface area contributed by atoms with Crippen molar-refractivity contribution in [2.75, 3.05) is 7.11 Å². The summed E-state index contributed by atoms with van der Waals surface area (Å²) in [4.78, 5) is 4.38. The second kappa shape index (κ2) is 6.53. The summed E-state index contributed by atoms with van der Waals surface area (Å²) in [6.07, 6.45) is 2.58. The third kappa shape index (κ3) is 3.44. The van der Waals surface area contributed by atoms with E-state index in [0.29, 0.717) is 0 Å². The topological polar surface area (TPSA) is 68.3 Å². The molecule has 1 N–H and O–H groups in total. The van der Waals surface area contributed by atoms with Gasteiger partial charge < -0.3 is 4.74 Å². The summed E-state index contributed by atoms with van der Waals surface area (Å²) in [5, 5.41) is -0.405. The zero-order chi connectivity index (χ0) is 17.3. The molecule has 1 aromatic heterocycles. The summed E-state index contributed by atoms with van der Waals surface area (Å²) in [6, 6.07) is 11.8. The molecule has 128 valence electrons. The normalized spacial score (nSPS) is 20.2. The minimum absolute atomic E-state index is 0.00707. The Bertz CT molecular complexity index is 816. The second-order valence-electron chi connectivity index (χ2n) is 6.34. The van der Waals surface area contributed by atoms with Crippen LogP contribution in [0, 0.1) is 0 Å². The Balaban J connectivity index is 1.73. The van der Waals surface area contributed by atoms with Crippen molar-refractivity contribution in [2.45, 2.75) is 37.5 Å². The van der Waals surface area contributed by atoms with Gasteiger partial charge in [-0.1, -0.05) is 24.3 Å². The van der Waals surface area contributed by atoms with E-state index < -0.39 is 15.3 Å². The van der Waals surface area contributed by atoms with Gasteiger partial charge >= 0.3 is 0 Å². The van der Waals surface area contributed by atoms with Gasteiger partial charge in [0.05, 0.1) is 12.4 Å². The van der Waals surface area contributed by atoms with Gasteiger partial charge in [0.2, 0.25) is 10.0 Å². The number of hydrogen-bond acceptors (Lipinski definition) is 4. The van der Waals surface area contributed by atoms with E-state index in [1.165, 1.54) is 0 Å². The molecule has 3 rings (SSSR count). The van der Waals surface area contributed by atoms with Crippen molar-refractivity contribution in [3.05, 3.63) is 48.2 Å². The summed E-state index contributed by atoms with van der Waals surface area (Å²) in [6.45, 7) is 3.38. The lowest BCUT2D eigenvalue weighted by Crippen LogP contribution is -2.33. The number of nitrogens with zero attached hydrogens (tertiary/aromatic N) is 1. The molecule has 0 radical (unpaired) electrons. The number of hydrogen-bond donors (Lipinski definition) is 1. The van der Waals surface area contributed by atoms with E-state index >= 15 is 0 Å². The Morgan fingerprint density at radius 1 is 1.21 bits per heavy atom. The number of aromatic nitrogens is 1. The van der Waals surface area contributed by atoms with Crippen molar-refractivity contribution < 1.29 is 13.2 Å². The number of ether oxygens (including phenoxy) is 1. The summed E-state index contributed by atoms with van der Waals surface area (Å²) >= 11 is 0. The number of rotatable bonds is 6. The number of methoxy groups -OCH3 is 1. The molecule has 1 aliphatic carbocycles. The highest BCUT2D eigenvalue weighted by Crippen LogP contribution is 2.42. The molecule has 5 nitrogen and oxygen atoms in total. The van der Waals surface area contributed by atoms with Crippen LogP contribution in [0.1, 0.15) is 31.7 Å². The van der Waals surface area contributed by atoms with Crippen molar-refractivity contribution in [1.82, 2.24) is 9.71 Å². The number of pyridine rings is 1. The fourth-order valence-corrected chi connectivity index (χ4v) is 3.66. The molecule has 6 heteroatoms. The van der Waals surface area contributed by atoms with Crippen molar-refractivity contribution in [2.24, 2.45) is 0 Å². The maximum Gasteiger partial charge on any atom is 0.214 e. The Kier molecular flexibility index (Phi) is 4.60. The molecule has 0 aliphatic heterocycles. The fraction of sp³-hybridized carbons (Fsp3) is 0.389. The maximum absolute atomic E-state index is 11.9. The molecule has 1 fully saturated rings. The van der Waals surface area contributed by atoms with Gasteiger partial charge in [-0.25, -0.2) is 13.1 Å². The maximum atomic E-state index is 11.9. The highest BCUT2D eigenvalue weighted by Gasteiger charge is 2.41. The standard InChI is InChI=1S/C18H22N2O3S/c1-12(2)24(21,22)20-16-11-15(16)13-6-8-14(9-7-13)18-17(23-3)5-4-10-19-18/h4-10,12,15-16,20H,11H2,1-3H3. The SMILES string of the molecule is COc1cccnc1-c1ccc(C2CC2NS(=O)(=O)C(C)C)cc1. The zero-order valence-corrected chi connectivity index (χ0v) is 14.9. The van der Waals surface area contributed by atoms with Crippen molar-refractivity contribution in [1.29, 1.82) is 0 Å². The van der Waals surface area contributed by atoms with Crippen LogP contribution in [-0.2, 0) is 10.0 Å². The van der Waals surface area contributed by atoms with Gasteiger partial charge in [0, 0.05) is 23.7 Å². The lowest BCUT2D eigenvalue weighted by Gasteiger charge is -2.10. The Hall–Kier alpha value is -1.92. The lowest BCUT2D eigenvalue weighted by molar-refractivity contribution is 0.415. The van der Waals surface area contributed by atoms with Crippen LogP contribution in [0.2, 0.25) is 0 Å². The predicted molar refractivity (Wildman–Crippen MR) is 94.6 cm³/mol. The molecule has 24 heavy (non-hydrogen) atoms. The number of benzene rings is 1. The molecule has 1 heterocycles. The molecule has 0 spiro atoms. The largest absolute Gasteiger partial charge is 0.494 e. The highest BCUT2D eigenvalue weighted by molar-refractivity contribution is 7.90. The Morgan fingerprint density at radius 3 is 2.54 bits per heavy atom. The zero-order valence-electron chi connectivity index (χ0n) is 14.1. The first-order valence-electron chi connectivity index (χ1n) is 8.03. The molecule has 2 aromatic rings. The van der Waals surface area contributed by atoms with Crippen LogP contribution in [0.3, 0.4) is 0 Å². The number of sulfonamides is 1. The molecule has 0 amide bonds. The fourth-order valence-electron chi connectivity index (χ4n) is 2.70. The van der Waals surface area contributed by atoms with Crippen LogP contribution in [0.25, 0.3) is 11.3 Å². The molecular formula is C18H22N2O3S. The van der Waals surface area contributed by atoms with E-state index in [-0.39, 0.29) is 12.0 Å². The molecule has 1 saturated carbocycles. The van der Waals surface area contributed by atoms with Gasteiger partial charge in [-0.05, 0) is 38.0 Å².